The second-order valence-electron chi connectivity index (χ2n) is 5.57. The molecule has 1 aliphatic carbocycles. The maximum absolute atomic E-state index is 12.4. The van der Waals surface area contributed by atoms with Crippen molar-refractivity contribution in [2.45, 2.75) is 25.4 Å². The summed E-state index contributed by atoms with van der Waals surface area (Å²) >= 11 is 0. The Morgan fingerprint density at radius 3 is 2.25 bits per heavy atom. The quantitative estimate of drug-likeness (QED) is 0.655. The summed E-state index contributed by atoms with van der Waals surface area (Å²) in [5, 5.41) is 5.09. The van der Waals surface area contributed by atoms with Gasteiger partial charge in [0.25, 0.3) is 0 Å². The molecule has 1 saturated carbocycles. The van der Waals surface area contributed by atoms with Gasteiger partial charge in [-0.2, -0.15) is 13.2 Å². The molecule has 1 aromatic carbocycles. The molecule has 4 nitrogen and oxygen atoms in total. The Labute approximate surface area is 137 Å². The number of rotatable bonds is 3. The summed E-state index contributed by atoms with van der Waals surface area (Å²) in [7, 11) is 1.49. The Bertz CT molecular complexity index is 681. The lowest BCUT2D eigenvalue weighted by atomic mass is 9.67. The highest BCUT2D eigenvalue weighted by atomic mass is 19.4. The molecule has 0 atom stereocenters. The van der Waals surface area contributed by atoms with Crippen molar-refractivity contribution in [2.75, 3.05) is 13.6 Å². The Kier molecular flexibility index (Phi) is 5.17. The van der Waals surface area contributed by atoms with Gasteiger partial charge < -0.3 is 10.6 Å². The summed E-state index contributed by atoms with van der Waals surface area (Å²) in [6, 6.07) is 4.46. The molecule has 0 radical (unpaired) electrons. The van der Waals surface area contributed by atoms with E-state index in [4.69, 9.17) is 0 Å². The van der Waals surface area contributed by atoms with Crippen LogP contribution in [0.2, 0.25) is 0 Å². The third-order valence-electron chi connectivity index (χ3n) is 4.09. The number of amides is 2. The van der Waals surface area contributed by atoms with Crippen molar-refractivity contribution in [1.82, 2.24) is 10.6 Å². The van der Waals surface area contributed by atoms with Crippen molar-refractivity contribution < 1.29 is 22.8 Å². The third kappa shape index (κ3) is 3.70. The largest absolute Gasteiger partial charge is 0.416 e. The fraction of sp³-hybridized carbons (Fsp3) is 0.412. The molecule has 0 aliphatic heterocycles. The van der Waals surface area contributed by atoms with E-state index in [0.717, 1.165) is 18.6 Å². The van der Waals surface area contributed by atoms with Crippen molar-refractivity contribution >= 4 is 11.8 Å². The summed E-state index contributed by atoms with van der Waals surface area (Å²) < 4.78 is 37.3. The van der Waals surface area contributed by atoms with Gasteiger partial charge in [0.1, 0.15) is 5.41 Å². The van der Waals surface area contributed by atoms with Gasteiger partial charge in [0.05, 0.1) is 12.1 Å². The summed E-state index contributed by atoms with van der Waals surface area (Å²) in [4.78, 5) is 24.0. The van der Waals surface area contributed by atoms with Crippen LogP contribution in [0.3, 0.4) is 0 Å². The Balaban J connectivity index is 1.92. The van der Waals surface area contributed by atoms with E-state index in [1.165, 1.54) is 19.2 Å². The number of carbonyl (C=O) groups is 2. The maximum Gasteiger partial charge on any atom is 0.416 e. The zero-order valence-corrected chi connectivity index (χ0v) is 13.1. The minimum Gasteiger partial charge on any atom is -0.358 e. The van der Waals surface area contributed by atoms with Crippen LogP contribution in [0.25, 0.3) is 0 Å². The summed E-state index contributed by atoms with van der Waals surface area (Å²) in [6.07, 6.45) is -2.55. The number of benzene rings is 1. The van der Waals surface area contributed by atoms with Crippen molar-refractivity contribution in [3.05, 3.63) is 35.4 Å². The van der Waals surface area contributed by atoms with Crippen molar-refractivity contribution in [2.24, 2.45) is 5.41 Å². The van der Waals surface area contributed by atoms with Crippen LogP contribution in [-0.2, 0) is 15.8 Å². The second-order valence-corrected chi connectivity index (χ2v) is 5.57. The van der Waals surface area contributed by atoms with Gasteiger partial charge in [0.15, 0.2) is 0 Å². The van der Waals surface area contributed by atoms with Gasteiger partial charge in [-0.05, 0) is 37.1 Å². The highest BCUT2D eigenvalue weighted by Crippen LogP contribution is 2.41. The normalized spacial score (nSPS) is 15.5. The fourth-order valence-corrected chi connectivity index (χ4v) is 2.51. The molecule has 1 aromatic rings. The zero-order chi connectivity index (χ0) is 17.8. The van der Waals surface area contributed by atoms with Gasteiger partial charge >= 0.3 is 6.18 Å². The van der Waals surface area contributed by atoms with Gasteiger partial charge in [0, 0.05) is 12.6 Å². The zero-order valence-electron chi connectivity index (χ0n) is 13.1. The molecule has 1 fully saturated rings. The molecule has 0 aromatic heterocycles. The van der Waals surface area contributed by atoms with E-state index in [-0.39, 0.29) is 18.4 Å². The predicted octanol–water partition coefficient (Wildman–Crippen LogP) is 2.09. The lowest BCUT2D eigenvalue weighted by Crippen LogP contribution is -2.54. The van der Waals surface area contributed by atoms with Gasteiger partial charge in [-0.25, -0.2) is 0 Å². The lowest BCUT2D eigenvalue weighted by molar-refractivity contribution is -0.149. The van der Waals surface area contributed by atoms with Crippen LogP contribution in [0, 0.1) is 17.3 Å². The molecular formula is C17H17F3N2O2. The molecule has 0 bridgehead atoms. The molecule has 2 amide bonds. The van der Waals surface area contributed by atoms with Crippen LogP contribution >= 0.6 is 0 Å². The summed E-state index contributed by atoms with van der Waals surface area (Å²) in [6.45, 7) is 0.0264. The Morgan fingerprint density at radius 1 is 1.17 bits per heavy atom. The highest BCUT2D eigenvalue weighted by Gasteiger charge is 2.50. The van der Waals surface area contributed by atoms with E-state index in [0.29, 0.717) is 18.4 Å². The highest BCUT2D eigenvalue weighted by molar-refractivity contribution is 6.05. The average Bonchev–Trinajstić information content (AvgIpc) is 2.50. The molecule has 0 unspecified atom stereocenters. The summed E-state index contributed by atoms with van der Waals surface area (Å²) in [5.74, 6) is 4.68. The van der Waals surface area contributed by atoms with Crippen LogP contribution in [0.15, 0.2) is 24.3 Å². The molecule has 24 heavy (non-hydrogen) atoms. The number of nitrogens with one attached hydrogen (secondary N) is 2. The van der Waals surface area contributed by atoms with Crippen LogP contribution in [0.4, 0.5) is 13.2 Å². The standard InChI is InChI=1S/C17H17F3N2O2/c1-21-14(23)16(9-3-10-16)15(24)22-11-2-4-12-5-7-13(8-6-12)17(18,19)20/h5-8H,3,9-11H2,1H3,(H,21,23)(H,22,24). The first kappa shape index (κ1) is 17.9. The number of hydrogen-bond acceptors (Lipinski definition) is 2. The van der Waals surface area contributed by atoms with Crippen LogP contribution < -0.4 is 10.6 Å². The lowest BCUT2D eigenvalue weighted by Gasteiger charge is -2.37. The molecule has 1 aliphatic rings. The van der Waals surface area contributed by atoms with E-state index in [2.05, 4.69) is 22.5 Å². The molecule has 2 N–H and O–H groups in total. The first-order valence-electron chi connectivity index (χ1n) is 7.46. The van der Waals surface area contributed by atoms with Crippen LogP contribution in [-0.4, -0.2) is 25.4 Å². The van der Waals surface area contributed by atoms with E-state index < -0.39 is 17.2 Å². The van der Waals surface area contributed by atoms with Crippen molar-refractivity contribution in [3.63, 3.8) is 0 Å². The molecule has 0 saturated heterocycles. The molecular weight excluding hydrogens is 321 g/mol. The SMILES string of the molecule is CNC(=O)C1(C(=O)NCC#Cc2ccc(C(F)(F)F)cc2)CCC1. The number of alkyl halides is 3. The first-order chi connectivity index (χ1) is 11.3. The van der Waals surface area contributed by atoms with E-state index in [9.17, 15) is 22.8 Å². The van der Waals surface area contributed by atoms with Gasteiger partial charge in [-0.1, -0.05) is 18.3 Å². The number of halogens is 3. The smallest absolute Gasteiger partial charge is 0.358 e. The van der Waals surface area contributed by atoms with Crippen LogP contribution in [0.5, 0.6) is 0 Å². The van der Waals surface area contributed by atoms with Crippen molar-refractivity contribution in [3.8, 4) is 11.8 Å². The fourth-order valence-electron chi connectivity index (χ4n) is 2.51. The van der Waals surface area contributed by atoms with E-state index >= 15 is 0 Å². The predicted molar refractivity (Wildman–Crippen MR) is 81.7 cm³/mol. The monoisotopic (exact) mass is 338 g/mol. The third-order valence-corrected chi connectivity index (χ3v) is 4.09. The minimum atomic E-state index is -4.38. The second kappa shape index (κ2) is 6.95. The number of carbonyl (C=O) groups excluding carboxylic acids is 2. The van der Waals surface area contributed by atoms with Gasteiger partial charge in [-0.3, -0.25) is 9.59 Å². The van der Waals surface area contributed by atoms with Crippen LogP contribution in [0.1, 0.15) is 30.4 Å². The van der Waals surface area contributed by atoms with E-state index in [1.54, 1.807) is 0 Å². The Hall–Kier alpha value is -2.49. The average molecular weight is 338 g/mol. The molecule has 128 valence electrons. The topological polar surface area (TPSA) is 58.2 Å². The molecule has 2 rings (SSSR count). The minimum absolute atomic E-state index is 0.0264. The van der Waals surface area contributed by atoms with Crippen molar-refractivity contribution in [1.29, 1.82) is 0 Å². The first-order valence-corrected chi connectivity index (χ1v) is 7.46. The molecule has 7 heteroatoms. The molecule has 0 spiro atoms. The molecule has 0 heterocycles. The van der Waals surface area contributed by atoms with Gasteiger partial charge in [0.2, 0.25) is 11.8 Å². The maximum atomic E-state index is 12.4. The summed E-state index contributed by atoms with van der Waals surface area (Å²) in [5.41, 5.74) is -1.33. The Morgan fingerprint density at radius 2 is 1.79 bits per heavy atom. The van der Waals surface area contributed by atoms with Gasteiger partial charge in [-0.15, -0.1) is 0 Å². The van der Waals surface area contributed by atoms with E-state index in [1.807, 2.05) is 0 Å². The number of hydrogen-bond donors (Lipinski definition) is 2.